The maximum atomic E-state index is 10.7. The van der Waals surface area contributed by atoms with Gasteiger partial charge in [-0.3, -0.25) is 0 Å². The molecule has 0 N–H and O–H groups in total. The fraction of sp³-hybridized carbons (Fsp3) is 0.615. The molecule has 0 amide bonds. The number of hydrogen-bond acceptors (Lipinski definition) is 5. The Morgan fingerprint density at radius 2 is 1.50 bits per heavy atom. The molecule has 5 nitrogen and oxygen atoms in total. The number of carbonyl (C=O) groups excluding carboxylic acids is 1. The third-order valence-electron chi connectivity index (χ3n) is 1.82. The minimum Gasteiger partial charge on any atom is -0.460 e. The highest BCUT2D eigenvalue weighted by molar-refractivity contribution is 5.81. The standard InChI is InChI=1S/C13H22O5/c1-3-6-15-9-10-16-7-5-8-17-11-12-18-13(14)4-2/h3-4H,1-2,5-12H2. The van der Waals surface area contributed by atoms with E-state index < -0.39 is 5.97 Å². The number of hydrogen-bond donors (Lipinski definition) is 0. The van der Waals surface area contributed by atoms with E-state index in [1.807, 2.05) is 0 Å². The Morgan fingerprint density at radius 1 is 0.889 bits per heavy atom. The van der Waals surface area contributed by atoms with E-state index in [1.165, 1.54) is 0 Å². The van der Waals surface area contributed by atoms with Crippen LogP contribution in [0.15, 0.2) is 25.3 Å². The molecule has 18 heavy (non-hydrogen) atoms. The van der Waals surface area contributed by atoms with Gasteiger partial charge in [-0.05, 0) is 6.42 Å². The van der Waals surface area contributed by atoms with E-state index in [2.05, 4.69) is 13.2 Å². The summed E-state index contributed by atoms with van der Waals surface area (Å²) in [7, 11) is 0. The van der Waals surface area contributed by atoms with Gasteiger partial charge < -0.3 is 18.9 Å². The van der Waals surface area contributed by atoms with E-state index >= 15 is 0 Å². The minimum absolute atomic E-state index is 0.251. The van der Waals surface area contributed by atoms with Crippen molar-refractivity contribution in [2.45, 2.75) is 6.42 Å². The first-order chi connectivity index (χ1) is 8.81. The molecule has 0 unspecified atom stereocenters. The molecule has 0 aromatic rings. The first-order valence-corrected chi connectivity index (χ1v) is 5.94. The molecule has 0 rings (SSSR count). The van der Waals surface area contributed by atoms with Gasteiger partial charge in [-0.1, -0.05) is 12.7 Å². The van der Waals surface area contributed by atoms with E-state index in [0.717, 1.165) is 12.5 Å². The highest BCUT2D eigenvalue weighted by Gasteiger charge is 1.95. The fourth-order valence-corrected chi connectivity index (χ4v) is 1.01. The normalized spacial score (nSPS) is 10.0. The molecule has 0 saturated heterocycles. The number of rotatable bonds is 13. The Hall–Kier alpha value is -1.17. The van der Waals surface area contributed by atoms with Crippen molar-refractivity contribution in [1.82, 2.24) is 0 Å². The molecule has 0 aliphatic carbocycles. The van der Waals surface area contributed by atoms with Gasteiger partial charge in [0, 0.05) is 19.3 Å². The lowest BCUT2D eigenvalue weighted by atomic mass is 10.5. The van der Waals surface area contributed by atoms with Crippen LogP contribution in [-0.4, -0.2) is 52.2 Å². The molecule has 0 radical (unpaired) electrons. The van der Waals surface area contributed by atoms with E-state index in [1.54, 1.807) is 6.08 Å². The second kappa shape index (κ2) is 13.9. The van der Waals surface area contributed by atoms with Gasteiger partial charge >= 0.3 is 5.97 Å². The zero-order chi connectivity index (χ0) is 13.5. The largest absolute Gasteiger partial charge is 0.460 e. The van der Waals surface area contributed by atoms with Gasteiger partial charge in [-0.25, -0.2) is 4.79 Å². The van der Waals surface area contributed by atoms with Crippen LogP contribution >= 0.6 is 0 Å². The van der Waals surface area contributed by atoms with Gasteiger partial charge in [-0.2, -0.15) is 0 Å². The molecule has 104 valence electrons. The summed E-state index contributed by atoms with van der Waals surface area (Å²) in [6.45, 7) is 10.4. The van der Waals surface area contributed by atoms with Crippen LogP contribution in [0.4, 0.5) is 0 Å². The second-order valence-corrected chi connectivity index (χ2v) is 3.31. The molecule has 0 fully saturated rings. The molecule has 0 aromatic heterocycles. The van der Waals surface area contributed by atoms with Crippen molar-refractivity contribution in [2.24, 2.45) is 0 Å². The molecule has 0 bridgehead atoms. The van der Waals surface area contributed by atoms with Crippen LogP contribution in [0.25, 0.3) is 0 Å². The molecule has 0 aliphatic rings. The number of carbonyl (C=O) groups is 1. The summed E-state index contributed by atoms with van der Waals surface area (Å²) < 4.78 is 20.4. The lowest BCUT2D eigenvalue weighted by molar-refractivity contribution is -0.139. The van der Waals surface area contributed by atoms with Crippen LogP contribution in [0.2, 0.25) is 0 Å². The smallest absolute Gasteiger partial charge is 0.330 e. The Morgan fingerprint density at radius 3 is 2.11 bits per heavy atom. The van der Waals surface area contributed by atoms with Crippen molar-refractivity contribution in [3.63, 3.8) is 0 Å². The van der Waals surface area contributed by atoms with E-state index in [-0.39, 0.29) is 6.61 Å². The first-order valence-electron chi connectivity index (χ1n) is 5.94. The lowest BCUT2D eigenvalue weighted by Gasteiger charge is -2.06. The summed E-state index contributed by atoms with van der Waals surface area (Å²) in [6, 6.07) is 0. The molecule has 0 spiro atoms. The van der Waals surface area contributed by atoms with Crippen molar-refractivity contribution < 1.29 is 23.7 Å². The summed E-state index contributed by atoms with van der Waals surface area (Å²) >= 11 is 0. The zero-order valence-electron chi connectivity index (χ0n) is 10.8. The summed E-state index contributed by atoms with van der Waals surface area (Å²) in [6.07, 6.45) is 3.63. The Bertz CT molecular complexity index is 227. The van der Waals surface area contributed by atoms with Crippen molar-refractivity contribution >= 4 is 5.97 Å². The van der Waals surface area contributed by atoms with E-state index in [9.17, 15) is 4.79 Å². The minimum atomic E-state index is -0.429. The molecule has 0 heterocycles. The Kier molecular flexibility index (Phi) is 13.0. The molecule has 5 heteroatoms. The SMILES string of the molecule is C=CCOCCOCCCOCCOC(=O)C=C. The van der Waals surface area contributed by atoms with Crippen LogP contribution in [0.3, 0.4) is 0 Å². The number of ether oxygens (including phenoxy) is 4. The van der Waals surface area contributed by atoms with Crippen LogP contribution in [0.5, 0.6) is 0 Å². The summed E-state index contributed by atoms with van der Waals surface area (Å²) in [4.78, 5) is 10.7. The van der Waals surface area contributed by atoms with Crippen LogP contribution < -0.4 is 0 Å². The molecule has 0 atom stereocenters. The van der Waals surface area contributed by atoms with Gasteiger partial charge in [0.05, 0.1) is 26.4 Å². The third-order valence-corrected chi connectivity index (χ3v) is 1.82. The molecular formula is C13H22O5. The maximum absolute atomic E-state index is 10.7. The van der Waals surface area contributed by atoms with Crippen LogP contribution in [-0.2, 0) is 23.7 Å². The van der Waals surface area contributed by atoms with Crippen molar-refractivity contribution in [1.29, 1.82) is 0 Å². The lowest BCUT2D eigenvalue weighted by Crippen LogP contribution is -2.10. The average molecular weight is 258 g/mol. The van der Waals surface area contributed by atoms with Crippen molar-refractivity contribution in [3.05, 3.63) is 25.3 Å². The van der Waals surface area contributed by atoms with E-state index in [0.29, 0.717) is 39.6 Å². The maximum Gasteiger partial charge on any atom is 0.330 e. The summed E-state index contributed by atoms with van der Waals surface area (Å²) in [5.41, 5.74) is 0. The van der Waals surface area contributed by atoms with Gasteiger partial charge in [0.25, 0.3) is 0 Å². The topological polar surface area (TPSA) is 54.0 Å². The van der Waals surface area contributed by atoms with Gasteiger partial charge in [0.2, 0.25) is 0 Å². The second-order valence-electron chi connectivity index (χ2n) is 3.31. The Labute approximate surface area is 108 Å². The highest BCUT2D eigenvalue weighted by atomic mass is 16.6. The van der Waals surface area contributed by atoms with Crippen molar-refractivity contribution in [2.75, 3.05) is 46.2 Å². The average Bonchev–Trinajstić information content (AvgIpc) is 2.39. The highest BCUT2D eigenvalue weighted by Crippen LogP contribution is 1.87. The molecule has 0 aromatic carbocycles. The van der Waals surface area contributed by atoms with Gasteiger partial charge in [0.15, 0.2) is 0 Å². The Balaban J connectivity index is 3.00. The van der Waals surface area contributed by atoms with Crippen LogP contribution in [0.1, 0.15) is 6.42 Å². The monoisotopic (exact) mass is 258 g/mol. The molecular weight excluding hydrogens is 236 g/mol. The first kappa shape index (κ1) is 16.8. The summed E-state index contributed by atoms with van der Waals surface area (Å²) in [5, 5.41) is 0. The van der Waals surface area contributed by atoms with Gasteiger partial charge in [-0.15, -0.1) is 6.58 Å². The fourth-order valence-electron chi connectivity index (χ4n) is 1.01. The van der Waals surface area contributed by atoms with Crippen molar-refractivity contribution in [3.8, 4) is 0 Å². The molecule has 0 saturated carbocycles. The third kappa shape index (κ3) is 12.9. The predicted octanol–water partition coefficient (Wildman–Crippen LogP) is 1.34. The number of esters is 1. The van der Waals surface area contributed by atoms with Crippen LogP contribution in [0, 0.1) is 0 Å². The predicted molar refractivity (Wildman–Crippen MR) is 68.4 cm³/mol. The molecule has 0 aliphatic heterocycles. The van der Waals surface area contributed by atoms with E-state index in [4.69, 9.17) is 18.9 Å². The zero-order valence-corrected chi connectivity index (χ0v) is 10.8. The van der Waals surface area contributed by atoms with Gasteiger partial charge in [0.1, 0.15) is 6.61 Å². The quantitative estimate of drug-likeness (QED) is 0.216. The summed E-state index contributed by atoms with van der Waals surface area (Å²) in [5.74, 6) is -0.429.